The number of hydrogen-bond acceptors (Lipinski definition) is 2. The molecule has 64 valence electrons. The molecule has 1 aromatic carbocycles. The average molecular weight is 165 g/mol. The Morgan fingerprint density at radius 2 is 1.92 bits per heavy atom. The maximum Gasteiger partial charge on any atom is 0.253 e. The Morgan fingerprint density at radius 1 is 1.42 bits per heavy atom. The van der Waals surface area contributed by atoms with Crippen LogP contribution >= 0.6 is 0 Å². The summed E-state index contributed by atoms with van der Waals surface area (Å²) < 4.78 is 0. The highest BCUT2D eigenvalue weighted by Crippen LogP contribution is 2.18. The van der Waals surface area contributed by atoms with Crippen LogP contribution in [-0.4, -0.2) is 11.0 Å². The van der Waals surface area contributed by atoms with Gasteiger partial charge in [0, 0.05) is 0 Å². The quantitative estimate of drug-likeness (QED) is 0.665. The molecular formula is C9H11NO2. The number of carbonyl (C=O) groups is 1. The lowest BCUT2D eigenvalue weighted by atomic mass is 9.96. The number of primary amides is 1. The summed E-state index contributed by atoms with van der Waals surface area (Å²) in [4.78, 5) is 10.8. The molecule has 0 saturated carbocycles. The van der Waals surface area contributed by atoms with E-state index in [1.54, 1.807) is 30.3 Å². The fraction of sp³-hybridized carbons (Fsp3) is 0.222. The van der Waals surface area contributed by atoms with Gasteiger partial charge in [0.05, 0.1) is 0 Å². The van der Waals surface area contributed by atoms with E-state index in [1.165, 1.54) is 6.92 Å². The predicted octanol–water partition coefficient (Wildman–Crippen LogP) is 0.379. The van der Waals surface area contributed by atoms with Crippen LogP contribution in [0.25, 0.3) is 0 Å². The SMILES string of the molecule is C[C@@](O)(C(N)=O)c1ccccc1. The monoisotopic (exact) mass is 165 g/mol. The molecule has 0 aliphatic carbocycles. The minimum absolute atomic E-state index is 0.512. The highest BCUT2D eigenvalue weighted by Gasteiger charge is 2.29. The van der Waals surface area contributed by atoms with E-state index in [9.17, 15) is 9.90 Å². The summed E-state index contributed by atoms with van der Waals surface area (Å²) in [6.07, 6.45) is 0. The van der Waals surface area contributed by atoms with Crippen LogP contribution in [-0.2, 0) is 10.4 Å². The van der Waals surface area contributed by atoms with Crippen molar-refractivity contribution in [3.8, 4) is 0 Å². The molecule has 3 N–H and O–H groups in total. The summed E-state index contributed by atoms with van der Waals surface area (Å²) in [6, 6.07) is 8.61. The third-order valence-electron chi connectivity index (χ3n) is 1.82. The number of rotatable bonds is 2. The van der Waals surface area contributed by atoms with Gasteiger partial charge in [-0.25, -0.2) is 0 Å². The Labute approximate surface area is 70.8 Å². The van der Waals surface area contributed by atoms with E-state index in [0.29, 0.717) is 5.56 Å². The van der Waals surface area contributed by atoms with Crippen LogP contribution in [0, 0.1) is 0 Å². The van der Waals surface area contributed by atoms with Crippen molar-refractivity contribution in [3.63, 3.8) is 0 Å². The maximum atomic E-state index is 10.8. The summed E-state index contributed by atoms with van der Waals surface area (Å²) in [7, 11) is 0. The minimum Gasteiger partial charge on any atom is -0.376 e. The van der Waals surface area contributed by atoms with E-state index >= 15 is 0 Å². The number of amides is 1. The Balaban J connectivity index is 3.06. The topological polar surface area (TPSA) is 63.3 Å². The van der Waals surface area contributed by atoms with E-state index in [4.69, 9.17) is 5.73 Å². The molecule has 0 heterocycles. The molecule has 3 heteroatoms. The number of aliphatic hydroxyl groups is 1. The van der Waals surface area contributed by atoms with Gasteiger partial charge in [-0.3, -0.25) is 4.79 Å². The standard InChI is InChI=1S/C9H11NO2/c1-9(12,8(10)11)7-5-3-2-4-6-7/h2-6,12H,1H3,(H2,10,11)/t9-/m0/s1. The third-order valence-corrected chi connectivity index (χ3v) is 1.82. The molecule has 0 radical (unpaired) electrons. The van der Waals surface area contributed by atoms with E-state index in [-0.39, 0.29) is 0 Å². The van der Waals surface area contributed by atoms with E-state index in [0.717, 1.165) is 0 Å². The molecule has 0 fully saturated rings. The molecule has 1 atom stereocenters. The van der Waals surface area contributed by atoms with E-state index in [2.05, 4.69) is 0 Å². The van der Waals surface area contributed by atoms with Crippen LogP contribution in [0.3, 0.4) is 0 Å². The molecule has 0 aliphatic heterocycles. The van der Waals surface area contributed by atoms with Gasteiger partial charge in [0.2, 0.25) is 0 Å². The summed E-state index contributed by atoms with van der Waals surface area (Å²) in [5, 5.41) is 9.59. The first-order valence-corrected chi connectivity index (χ1v) is 3.63. The van der Waals surface area contributed by atoms with Gasteiger partial charge in [0.1, 0.15) is 0 Å². The van der Waals surface area contributed by atoms with Gasteiger partial charge >= 0.3 is 0 Å². The van der Waals surface area contributed by atoms with Crippen molar-refractivity contribution in [2.75, 3.05) is 0 Å². The minimum atomic E-state index is -1.57. The predicted molar refractivity (Wildman–Crippen MR) is 45.2 cm³/mol. The zero-order valence-electron chi connectivity index (χ0n) is 6.82. The lowest BCUT2D eigenvalue weighted by molar-refractivity contribution is -0.135. The number of benzene rings is 1. The molecule has 1 amide bonds. The van der Waals surface area contributed by atoms with Crippen molar-refractivity contribution in [3.05, 3.63) is 35.9 Å². The normalized spacial score (nSPS) is 15.2. The van der Waals surface area contributed by atoms with Gasteiger partial charge in [-0.2, -0.15) is 0 Å². The van der Waals surface area contributed by atoms with Crippen molar-refractivity contribution < 1.29 is 9.90 Å². The van der Waals surface area contributed by atoms with Crippen LogP contribution in [0.15, 0.2) is 30.3 Å². The highest BCUT2D eigenvalue weighted by molar-refractivity contribution is 5.84. The lowest BCUT2D eigenvalue weighted by Crippen LogP contribution is -2.38. The molecule has 0 saturated heterocycles. The van der Waals surface area contributed by atoms with Gasteiger partial charge in [-0.05, 0) is 12.5 Å². The molecule has 0 spiro atoms. The maximum absolute atomic E-state index is 10.8. The second kappa shape index (κ2) is 2.95. The van der Waals surface area contributed by atoms with Crippen LogP contribution < -0.4 is 5.73 Å². The van der Waals surface area contributed by atoms with Gasteiger partial charge in [0.25, 0.3) is 5.91 Å². The first-order valence-electron chi connectivity index (χ1n) is 3.63. The van der Waals surface area contributed by atoms with Crippen LogP contribution in [0.1, 0.15) is 12.5 Å². The second-order valence-electron chi connectivity index (χ2n) is 2.80. The van der Waals surface area contributed by atoms with Gasteiger partial charge in [0.15, 0.2) is 5.60 Å². The van der Waals surface area contributed by atoms with Crippen molar-refractivity contribution in [1.82, 2.24) is 0 Å². The average Bonchev–Trinajstić information content (AvgIpc) is 2.06. The summed E-state index contributed by atoms with van der Waals surface area (Å²) in [5.41, 5.74) is 3.96. The summed E-state index contributed by atoms with van der Waals surface area (Å²) in [5.74, 6) is -0.742. The molecule has 0 aliphatic rings. The molecule has 12 heavy (non-hydrogen) atoms. The molecule has 0 bridgehead atoms. The molecule has 3 nitrogen and oxygen atoms in total. The van der Waals surface area contributed by atoms with Crippen LogP contribution in [0.5, 0.6) is 0 Å². The van der Waals surface area contributed by atoms with Gasteiger partial charge < -0.3 is 10.8 Å². The number of nitrogens with two attached hydrogens (primary N) is 1. The smallest absolute Gasteiger partial charge is 0.253 e. The molecular weight excluding hydrogens is 154 g/mol. The van der Waals surface area contributed by atoms with E-state index < -0.39 is 11.5 Å². The van der Waals surface area contributed by atoms with Gasteiger partial charge in [-0.15, -0.1) is 0 Å². The molecule has 0 aromatic heterocycles. The highest BCUT2D eigenvalue weighted by atomic mass is 16.3. The lowest BCUT2D eigenvalue weighted by Gasteiger charge is -2.18. The largest absolute Gasteiger partial charge is 0.376 e. The fourth-order valence-corrected chi connectivity index (χ4v) is 0.905. The zero-order chi connectivity index (χ0) is 9.19. The Morgan fingerprint density at radius 3 is 2.33 bits per heavy atom. The number of hydrogen-bond donors (Lipinski definition) is 2. The van der Waals surface area contributed by atoms with Crippen LogP contribution in [0.2, 0.25) is 0 Å². The fourth-order valence-electron chi connectivity index (χ4n) is 0.905. The Kier molecular flexibility index (Phi) is 2.15. The zero-order valence-corrected chi connectivity index (χ0v) is 6.82. The first-order chi connectivity index (χ1) is 5.55. The van der Waals surface area contributed by atoms with Gasteiger partial charge in [-0.1, -0.05) is 30.3 Å². The molecule has 1 rings (SSSR count). The summed E-state index contributed by atoms with van der Waals surface area (Å²) >= 11 is 0. The van der Waals surface area contributed by atoms with Crippen molar-refractivity contribution in [1.29, 1.82) is 0 Å². The molecule has 1 aromatic rings. The summed E-state index contributed by atoms with van der Waals surface area (Å²) in [6.45, 7) is 1.38. The Hall–Kier alpha value is -1.35. The van der Waals surface area contributed by atoms with Crippen molar-refractivity contribution in [2.45, 2.75) is 12.5 Å². The number of carbonyl (C=O) groups excluding carboxylic acids is 1. The first kappa shape index (κ1) is 8.74. The van der Waals surface area contributed by atoms with Crippen molar-refractivity contribution >= 4 is 5.91 Å². The van der Waals surface area contributed by atoms with Crippen LogP contribution in [0.4, 0.5) is 0 Å². The Bertz CT molecular complexity index is 280. The van der Waals surface area contributed by atoms with E-state index in [1.807, 2.05) is 0 Å². The second-order valence-corrected chi connectivity index (χ2v) is 2.80. The third kappa shape index (κ3) is 1.46. The molecule has 0 unspecified atom stereocenters. The van der Waals surface area contributed by atoms with Crippen molar-refractivity contribution in [2.24, 2.45) is 5.73 Å².